The molecule has 4 rings (SSSR count). The van der Waals surface area contributed by atoms with Crippen LogP contribution >= 0.6 is 11.3 Å². The molecule has 26 heavy (non-hydrogen) atoms. The first-order chi connectivity index (χ1) is 12.7. The smallest absolute Gasteiger partial charge is 0.0430 e. The molecule has 0 aliphatic carbocycles. The maximum atomic E-state index is 2.31. The Morgan fingerprint density at radius 3 is 2.46 bits per heavy atom. The van der Waals surface area contributed by atoms with Crippen molar-refractivity contribution < 1.29 is 0 Å². The standard InChI is InChI=1S/C25H22S/c1-4-19(20-10-7-9-17(2)15-20)16-18(3)21-12-8-13-23-22-11-5-6-14-24(22)26-25(21)23/h4-16H,1-3H3/b18-16+,19-4+. The van der Waals surface area contributed by atoms with Crippen molar-refractivity contribution in [3.8, 4) is 0 Å². The van der Waals surface area contributed by atoms with E-state index in [0.717, 1.165) is 0 Å². The SMILES string of the molecule is C/C=C(\C=C(/C)c1cccc2c1sc1ccccc12)c1cccc(C)c1. The van der Waals surface area contributed by atoms with E-state index in [0.29, 0.717) is 0 Å². The molecule has 1 heterocycles. The second kappa shape index (κ2) is 6.93. The fraction of sp³-hybridized carbons (Fsp3) is 0.120. The lowest BCUT2D eigenvalue weighted by molar-refractivity contribution is 1.44. The summed E-state index contributed by atoms with van der Waals surface area (Å²) in [5.41, 5.74) is 6.46. The predicted molar refractivity (Wildman–Crippen MR) is 118 cm³/mol. The summed E-state index contributed by atoms with van der Waals surface area (Å²) in [6, 6.07) is 24.1. The summed E-state index contributed by atoms with van der Waals surface area (Å²) in [4.78, 5) is 0. The molecule has 0 bridgehead atoms. The van der Waals surface area contributed by atoms with Gasteiger partial charge >= 0.3 is 0 Å². The lowest BCUT2D eigenvalue weighted by atomic mass is 9.97. The Hall–Kier alpha value is -2.64. The first-order valence-corrected chi connectivity index (χ1v) is 9.81. The topological polar surface area (TPSA) is 0 Å². The van der Waals surface area contributed by atoms with Crippen LogP contribution in [0.3, 0.4) is 0 Å². The van der Waals surface area contributed by atoms with Gasteiger partial charge in [0.2, 0.25) is 0 Å². The minimum atomic E-state index is 1.27. The molecule has 0 spiro atoms. The Labute approximate surface area is 159 Å². The number of rotatable bonds is 3. The van der Waals surface area contributed by atoms with E-state index in [1.54, 1.807) is 0 Å². The van der Waals surface area contributed by atoms with E-state index in [1.165, 1.54) is 48.0 Å². The summed E-state index contributed by atoms with van der Waals surface area (Å²) in [6.07, 6.45) is 4.51. The molecule has 128 valence electrons. The number of aryl methyl sites for hydroxylation is 1. The molecular weight excluding hydrogens is 332 g/mol. The van der Waals surface area contributed by atoms with Crippen LogP contribution in [0.2, 0.25) is 0 Å². The number of hydrogen-bond donors (Lipinski definition) is 0. The van der Waals surface area contributed by atoms with Crippen molar-refractivity contribution in [2.45, 2.75) is 20.8 Å². The predicted octanol–water partition coefficient (Wildman–Crippen LogP) is 7.87. The van der Waals surface area contributed by atoms with Crippen molar-refractivity contribution in [2.24, 2.45) is 0 Å². The molecular formula is C25H22S. The maximum Gasteiger partial charge on any atom is 0.0430 e. The van der Waals surface area contributed by atoms with Crippen LogP contribution in [-0.4, -0.2) is 0 Å². The molecule has 1 aromatic heterocycles. The molecule has 4 aromatic rings. The third-order valence-corrected chi connectivity index (χ3v) is 6.08. The van der Waals surface area contributed by atoms with Crippen LogP contribution in [0.4, 0.5) is 0 Å². The highest BCUT2D eigenvalue weighted by Gasteiger charge is 2.10. The molecule has 0 N–H and O–H groups in total. The van der Waals surface area contributed by atoms with Gasteiger partial charge < -0.3 is 0 Å². The first kappa shape index (κ1) is 16.8. The van der Waals surface area contributed by atoms with Gasteiger partial charge in [-0.2, -0.15) is 0 Å². The molecule has 0 saturated carbocycles. The zero-order valence-electron chi connectivity index (χ0n) is 15.4. The van der Waals surface area contributed by atoms with Crippen LogP contribution in [0.1, 0.15) is 30.5 Å². The van der Waals surface area contributed by atoms with E-state index in [2.05, 4.69) is 99.7 Å². The van der Waals surface area contributed by atoms with E-state index < -0.39 is 0 Å². The monoisotopic (exact) mass is 354 g/mol. The Bertz CT molecular complexity index is 1160. The van der Waals surface area contributed by atoms with E-state index in [1.807, 2.05) is 11.3 Å². The van der Waals surface area contributed by atoms with Gasteiger partial charge in [0.1, 0.15) is 0 Å². The van der Waals surface area contributed by atoms with Crippen molar-refractivity contribution in [3.05, 3.63) is 95.6 Å². The Kier molecular flexibility index (Phi) is 4.48. The van der Waals surface area contributed by atoms with Crippen molar-refractivity contribution in [2.75, 3.05) is 0 Å². The van der Waals surface area contributed by atoms with Crippen LogP contribution in [-0.2, 0) is 0 Å². The maximum absolute atomic E-state index is 2.31. The largest absolute Gasteiger partial charge is 0.135 e. The van der Waals surface area contributed by atoms with Crippen molar-refractivity contribution in [1.82, 2.24) is 0 Å². The van der Waals surface area contributed by atoms with Gasteiger partial charge in [-0.05, 0) is 49.1 Å². The second-order valence-electron chi connectivity index (χ2n) is 6.72. The summed E-state index contributed by atoms with van der Waals surface area (Å²) in [5.74, 6) is 0. The third kappa shape index (κ3) is 3.00. The van der Waals surface area contributed by atoms with Gasteiger partial charge in [-0.15, -0.1) is 11.3 Å². The van der Waals surface area contributed by atoms with E-state index in [4.69, 9.17) is 0 Å². The van der Waals surface area contributed by atoms with E-state index >= 15 is 0 Å². The fourth-order valence-corrected chi connectivity index (χ4v) is 4.81. The Morgan fingerprint density at radius 2 is 1.65 bits per heavy atom. The average Bonchev–Trinajstić information content (AvgIpc) is 3.04. The van der Waals surface area contributed by atoms with Crippen molar-refractivity contribution in [3.63, 3.8) is 0 Å². The van der Waals surface area contributed by atoms with Gasteiger partial charge in [0.05, 0.1) is 0 Å². The zero-order valence-corrected chi connectivity index (χ0v) is 16.2. The molecule has 0 fully saturated rings. The number of fused-ring (bicyclic) bond motifs is 3. The van der Waals surface area contributed by atoms with Crippen molar-refractivity contribution in [1.29, 1.82) is 0 Å². The van der Waals surface area contributed by atoms with Gasteiger partial charge in [0.15, 0.2) is 0 Å². The van der Waals surface area contributed by atoms with E-state index in [-0.39, 0.29) is 0 Å². The number of thiophene rings is 1. The zero-order chi connectivity index (χ0) is 18.1. The van der Waals surface area contributed by atoms with Gasteiger partial charge in [-0.1, -0.05) is 78.4 Å². The lowest BCUT2D eigenvalue weighted by Gasteiger charge is -2.08. The van der Waals surface area contributed by atoms with Crippen LogP contribution in [0.25, 0.3) is 31.3 Å². The van der Waals surface area contributed by atoms with Gasteiger partial charge in [-0.3, -0.25) is 0 Å². The number of benzene rings is 3. The molecule has 0 aliphatic heterocycles. The molecule has 0 aliphatic rings. The van der Waals surface area contributed by atoms with Gasteiger partial charge in [0.25, 0.3) is 0 Å². The molecule has 0 atom stereocenters. The highest BCUT2D eigenvalue weighted by molar-refractivity contribution is 7.26. The molecule has 0 saturated heterocycles. The minimum absolute atomic E-state index is 1.27. The third-order valence-electron chi connectivity index (χ3n) is 4.86. The first-order valence-electron chi connectivity index (χ1n) is 8.99. The summed E-state index contributed by atoms with van der Waals surface area (Å²) < 4.78 is 2.73. The highest BCUT2D eigenvalue weighted by Crippen LogP contribution is 2.38. The number of hydrogen-bond acceptors (Lipinski definition) is 1. The molecule has 0 amide bonds. The Balaban J connectivity index is 1.85. The molecule has 1 heteroatoms. The van der Waals surface area contributed by atoms with Gasteiger partial charge in [0, 0.05) is 20.2 Å². The summed E-state index contributed by atoms with van der Waals surface area (Å²) >= 11 is 1.89. The molecule has 0 radical (unpaired) electrons. The molecule has 0 unspecified atom stereocenters. The summed E-state index contributed by atoms with van der Waals surface area (Å²) in [7, 11) is 0. The average molecular weight is 355 g/mol. The van der Waals surface area contributed by atoms with Crippen LogP contribution in [0.15, 0.2) is 78.9 Å². The Morgan fingerprint density at radius 1 is 0.885 bits per heavy atom. The quantitative estimate of drug-likeness (QED) is 0.328. The van der Waals surface area contributed by atoms with Crippen LogP contribution in [0, 0.1) is 6.92 Å². The van der Waals surface area contributed by atoms with Gasteiger partial charge in [-0.25, -0.2) is 0 Å². The second-order valence-corrected chi connectivity index (χ2v) is 7.77. The highest BCUT2D eigenvalue weighted by atomic mass is 32.1. The summed E-state index contributed by atoms with van der Waals surface area (Å²) in [5, 5.41) is 2.71. The normalized spacial score (nSPS) is 12.9. The molecule has 0 nitrogen and oxygen atoms in total. The van der Waals surface area contributed by atoms with Crippen LogP contribution in [0.5, 0.6) is 0 Å². The summed E-state index contributed by atoms with van der Waals surface area (Å²) in [6.45, 7) is 6.48. The molecule has 3 aromatic carbocycles. The number of allylic oxidation sites excluding steroid dienone is 4. The van der Waals surface area contributed by atoms with Crippen LogP contribution < -0.4 is 0 Å². The van der Waals surface area contributed by atoms with E-state index in [9.17, 15) is 0 Å². The lowest BCUT2D eigenvalue weighted by Crippen LogP contribution is -1.85. The van der Waals surface area contributed by atoms with Crippen molar-refractivity contribution >= 4 is 42.7 Å². The minimum Gasteiger partial charge on any atom is -0.135 e. The fourth-order valence-electron chi connectivity index (χ4n) is 3.53.